The number of epoxide rings is 1. The summed E-state index contributed by atoms with van der Waals surface area (Å²) >= 11 is 0. The SMILES string of the molecule is CCCc1cc(=O)c2c(OCC3CO3)ccc(OC)c2o1. The van der Waals surface area contributed by atoms with E-state index in [2.05, 4.69) is 0 Å². The van der Waals surface area contributed by atoms with Crippen LogP contribution in [0, 0.1) is 0 Å². The molecular weight excluding hydrogens is 272 g/mol. The lowest BCUT2D eigenvalue weighted by Gasteiger charge is -2.11. The highest BCUT2D eigenvalue weighted by Crippen LogP contribution is 2.32. The van der Waals surface area contributed by atoms with Crippen LogP contribution in [0.25, 0.3) is 11.0 Å². The Morgan fingerprint density at radius 2 is 2.10 bits per heavy atom. The standard InChI is InChI=1S/C16H18O5/c1-3-4-10-7-12(17)15-13(20-9-11-8-19-11)5-6-14(18-2)16(15)21-10/h5-7,11H,3-4,8-9H2,1-2H3. The van der Waals surface area contributed by atoms with Gasteiger partial charge in [-0.05, 0) is 18.6 Å². The molecule has 1 fully saturated rings. The van der Waals surface area contributed by atoms with Crippen molar-refractivity contribution in [2.45, 2.75) is 25.9 Å². The molecule has 1 aromatic carbocycles. The lowest BCUT2D eigenvalue weighted by molar-refractivity contribution is 0.265. The maximum atomic E-state index is 12.4. The van der Waals surface area contributed by atoms with Crippen molar-refractivity contribution in [2.75, 3.05) is 20.3 Å². The normalized spacial score (nSPS) is 17.0. The van der Waals surface area contributed by atoms with Crippen LogP contribution in [0.15, 0.2) is 27.4 Å². The van der Waals surface area contributed by atoms with Crippen molar-refractivity contribution in [3.8, 4) is 11.5 Å². The average Bonchev–Trinajstić information content (AvgIpc) is 3.29. The molecule has 0 aliphatic carbocycles. The lowest BCUT2D eigenvalue weighted by Crippen LogP contribution is -2.09. The molecule has 3 rings (SSSR count). The van der Waals surface area contributed by atoms with E-state index in [1.54, 1.807) is 19.2 Å². The Kier molecular flexibility index (Phi) is 3.84. The molecule has 1 unspecified atom stereocenters. The van der Waals surface area contributed by atoms with E-state index < -0.39 is 0 Å². The summed E-state index contributed by atoms with van der Waals surface area (Å²) in [6.07, 6.45) is 1.76. The first-order valence-corrected chi connectivity index (χ1v) is 7.11. The van der Waals surface area contributed by atoms with Gasteiger partial charge >= 0.3 is 0 Å². The van der Waals surface area contributed by atoms with Gasteiger partial charge in [-0.15, -0.1) is 0 Å². The van der Waals surface area contributed by atoms with Gasteiger partial charge in [0.15, 0.2) is 16.8 Å². The molecule has 0 radical (unpaired) electrons. The minimum Gasteiger partial charge on any atom is -0.493 e. The number of hydrogen-bond donors (Lipinski definition) is 0. The molecule has 2 heterocycles. The van der Waals surface area contributed by atoms with E-state index in [-0.39, 0.29) is 11.5 Å². The fourth-order valence-corrected chi connectivity index (χ4v) is 2.26. The van der Waals surface area contributed by atoms with Crippen LogP contribution in [0.3, 0.4) is 0 Å². The number of hydrogen-bond acceptors (Lipinski definition) is 5. The van der Waals surface area contributed by atoms with E-state index >= 15 is 0 Å². The molecule has 21 heavy (non-hydrogen) atoms. The summed E-state index contributed by atoms with van der Waals surface area (Å²) in [5.74, 6) is 1.71. The zero-order valence-corrected chi connectivity index (χ0v) is 12.2. The topological polar surface area (TPSA) is 61.2 Å². The van der Waals surface area contributed by atoms with Crippen molar-refractivity contribution in [1.29, 1.82) is 0 Å². The molecule has 0 N–H and O–H groups in total. The summed E-state index contributed by atoms with van der Waals surface area (Å²) in [6.45, 7) is 3.19. The zero-order chi connectivity index (χ0) is 14.8. The number of fused-ring (bicyclic) bond motifs is 1. The fourth-order valence-electron chi connectivity index (χ4n) is 2.26. The van der Waals surface area contributed by atoms with Crippen LogP contribution in [0.2, 0.25) is 0 Å². The molecule has 1 aromatic heterocycles. The lowest BCUT2D eigenvalue weighted by atomic mass is 10.1. The van der Waals surface area contributed by atoms with Crippen LogP contribution >= 0.6 is 0 Å². The molecule has 0 spiro atoms. The van der Waals surface area contributed by atoms with Crippen LogP contribution in [0.5, 0.6) is 11.5 Å². The number of benzene rings is 1. The van der Waals surface area contributed by atoms with E-state index in [1.807, 2.05) is 6.92 Å². The molecule has 5 heteroatoms. The van der Waals surface area contributed by atoms with Crippen molar-refractivity contribution in [2.24, 2.45) is 0 Å². The van der Waals surface area contributed by atoms with E-state index in [0.29, 0.717) is 41.4 Å². The Balaban J connectivity index is 2.09. The highest BCUT2D eigenvalue weighted by atomic mass is 16.6. The Hall–Kier alpha value is -2.01. The van der Waals surface area contributed by atoms with Crippen molar-refractivity contribution in [1.82, 2.24) is 0 Å². The molecule has 1 aliphatic rings. The quantitative estimate of drug-likeness (QED) is 0.765. The number of methoxy groups -OCH3 is 1. The maximum Gasteiger partial charge on any atom is 0.196 e. The molecule has 0 saturated carbocycles. The van der Waals surface area contributed by atoms with Gasteiger partial charge in [0.2, 0.25) is 0 Å². The summed E-state index contributed by atoms with van der Waals surface area (Å²) < 4.78 is 21.9. The highest BCUT2D eigenvalue weighted by molar-refractivity contribution is 5.88. The second kappa shape index (κ2) is 5.77. The second-order valence-electron chi connectivity index (χ2n) is 5.06. The van der Waals surface area contributed by atoms with Gasteiger partial charge in [-0.2, -0.15) is 0 Å². The predicted molar refractivity (Wildman–Crippen MR) is 78.3 cm³/mol. The van der Waals surface area contributed by atoms with Gasteiger partial charge in [0.1, 0.15) is 29.6 Å². The minimum absolute atomic E-state index is 0.106. The summed E-state index contributed by atoms with van der Waals surface area (Å²) in [5.41, 5.74) is 0.341. The molecule has 2 aromatic rings. The number of ether oxygens (including phenoxy) is 3. The minimum atomic E-state index is -0.106. The molecule has 0 amide bonds. The summed E-state index contributed by atoms with van der Waals surface area (Å²) in [4.78, 5) is 12.4. The van der Waals surface area contributed by atoms with Gasteiger partial charge in [-0.3, -0.25) is 4.79 Å². The van der Waals surface area contributed by atoms with Crippen LogP contribution in [-0.4, -0.2) is 26.4 Å². The monoisotopic (exact) mass is 290 g/mol. The van der Waals surface area contributed by atoms with Crippen LogP contribution in [0.1, 0.15) is 19.1 Å². The molecule has 5 nitrogen and oxygen atoms in total. The van der Waals surface area contributed by atoms with Gasteiger partial charge in [-0.1, -0.05) is 6.92 Å². The first-order chi connectivity index (χ1) is 10.2. The third-order valence-corrected chi connectivity index (χ3v) is 3.40. The fraction of sp³-hybridized carbons (Fsp3) is 0.438. The maximum absolute atomic E-state index is 12.4. The third-order valence-electron chi connectivity index (χ3n) is 3.40. The van der Waals surface area contributed by atoms with Gasteiger partial charge in [0, 0.05) is 12.5 Å². The summed E-state index contributed by atoms with van der Waals surface area (Å²) in [5, 5.41) is 0.426. The molecule has 112 valence electrons. The highest BCUT2D eigenvalue weighted by Gasteiger charge is 2.24. The molecule has 1 atom stereocenters. The van der Waals surface area contributed by atoms with Gasteiger partial charge in [0.25, 0.3) is 0 Å². The van der Waals surface area contributed by atoms with Crippen molar-refractivity contribution >= 4 is 11.0 Å². The van der Waals surface area contributed by atoms with Crippen LogP contribution in [-0.2, 0) is 11.2 Å². The van der Waals surface area contributed by atoms with Crippen molar-refractivity contribution < 1.29 is 18.6 Å². The Morgan fingerprint density at radius 1 is 1.33 bits per heavy atom. The van der Waals surface area contributed by atoms with E-state index in [1.165, 1.54) is 6.07 Å². The van der Waals surface area contributed by atoms with Gasteiger partial charge in [0.05, 0.1) is 13.7 Å². The smallest absolute Gasteiger partial charge is 0.196 e. The van der Waals surface area contributed by atoms with Gasteiger partial charge < -0.3 is 18.6 Å². The Bertz CT molecular complexity index is 700. The second-order valence-corrected chi connectivity index (χ2v) is 5.06. The van der Waals surface area contributed by atoms with Crippen molar-refractivity contribution in [3.05, 3.63) is 34.2 Å². The van der Waals surface area contributed by atoms with Crippen LogP contribution in [0.4, 0.5) is 0 Å². The van der Waals surface area contributed by atoms with Crippen molar-refractivity contribution in [3.63, 3.8) is 0 Å². The molecule has 1 saturated heterocycles. The Morgan fingerprint density at radius 3 is 2.76 bits per heavy atom. The van der Waals surface area contributed by atoms with E-state index in [9.17, 15) is 4.79 Å². The first-order valence-electron chi connectivity index (χ1n) is 7.11. The molecule has 1 aliphatic heterocycles. The van der Waals surface area contributed by atoms with Crippen LogP contribution < -0.4 is 14.9 Å². The molecular formula is C16H18O5. The zero-order valence-electron chi connectivity index (χ0n) is 12.2. The predicted octanol–water partition coefficient (Wildman–Crippen LogP) is 2.53. The number of rotatable bonds is 6. The van der Waals surface area contributed by atoms with E-state index in [4.69, 9.17) is 18.6 Å². The first kappa shape index (κ1) is 13.9. The van der Waals surface area contributed by atoms with Gasteiger partial charge in [-0.25, -0.2) is 0 Å². The number of aryl methyl sites for hydroxylation is 1. The Labute approximate surface area is 122 Å². The molecule has 0 bridgehead atoms. The largest absolute Gasteiger partial charge is 0.493 e. The van der Waals surface area contributed by atoms with E-state index in [0.717, 1.165) is 12.8 Å². The summed E-state index contributed by atoms with van der Waals surface area (Å²) in [6, 6.07) is 5.02. The third kappa shape index (κ3) is 2.88. The average molecular weight is 290 g/mol. The summed E-state index contributed by atoms with van der Waals surface area (Å²) in [7, 11) is 1.56.